The number of aromatic nitrogens is 2. The molecule has 0 bridgehead atoms. The van der Waals surface area contributed by atoms with Crippen LogP contribution in [-0.4, -0.2) is 28.1 Å². The fraction of sp³-hybridized carbons (Fsp3) is 0.471. The van der Waals surface area contributed by atoms with Gasteiger partial charge in [0.2, 0.25) is 17.6 Å². The van der Waals surface area contributed by atoms with Crippen molar-refractivity contribution >= 4 is 29.9 Å². The standard InChI is InChI=1S/C17H23ClN4O2.ClH/c1-3-17(4-2,11-19)21-14(23)9-10-15-20-16(22-24-15)12-5-7-13(18)8-6-12;/h5-8H,3-4,9-11,19H2,1-2H3,(H,21,23);1H. The molecule has 138 valence electrons. The lowest BCUT2D eigenvalue weighted by Gasteiger charge is -2.31. The van der Waals surface area contributed by atoms with Crippen molar-refractivity contribution in [3.63, 3.8) is 0 Å². The molecule has 2 aromatic rings. The van der Waals surface area contributed by atoms with E-state index in [0.717, 1.165) is 18.4 Å². The first kappa shape index (κ1) is 21.4. The second kappa shape index (κ2) is 9.75. The molecule has 0 fully saturated rings. The highest BCUT2D eigenvalue weighted by molar-refractivity contribution is 6.30. The fourth-order valence-electron chi connectivity index (χ4n) is 2.42. The lowest BCUT2D eigenvalue weighted by molar-refractivity contribution is -0.123. The molecule has 1 aromatic heterocycles. The zero-order valence-corrected chi connectivity index (χ0v) is 16.0. The van der Waals surface area contributed by atoms with Crippen LogP contribution < -0.4 is 11.1 Å². The van der Waals surface area contributed by atoms with Crippen LogP contribution in [0.2, 0.25) is 5.02 Å². The van der Waals surface area contributed by atoms with Crippen LogP contribution in [0.25, 0.3) is 11.4 Å². The number of carbonyl (C=O) groups excluding carboxylic acids is 1. The summed E-state index contributed by atoms with van der Waals surface area (Å²) >= 11 is 5.86. The number of aryl methyl sites for hydroxylation is 1. The lowest BCUT2D eigenvalue weighted by atomic mass is 9.92. The van der Waals surface area contributed by atoms with Crippen LogP contribution >= 0.6 is 24.0 Å². The van der Waals surface area contributed by atoms with E-state index in [2.05, 4.69) is 15.5 Å². The van der Waals surface area contributed by atoms with E-state index in [1.54, 1.807) is 12.1 Å². The van der Waals surface area contributed by atoms with Gasteiger partial charge >= 0.3 is 0 Å². The SMILES string of the molecule is CCC(CC)(CN)NC(=O)CCc1nc(-c2ccc(Cl)cc2)no1.Cl. The molecule has 2 rings (SSSR count). The summed E-state index contributed by atoms with van der Waals surface area (Å²) < 4.78 is 5.21. The number of nitrogens with one attached hydrogen (secondary N) is 1. The molecule has 25 heavy (non-hydrogen) atoms. The topological polar surface area (TPSA) is 94.0 Å². The van der Waals surface area contributed by atoms with Gasteiger partial charge in [-0.3, -0.25) is 4.79 Å². The molecule has 0 aliphatic heterocycles. The Labute approximate surface area is 158 Å². The van der Waals surface area contributed by atoms with E-state index in [4.69, 9.17) is 21.9 Å². The molecule has 0 spiro atoms. The Morgan fingerprint density at radius 1 is 1.28 bits per heavy atom. The fourth-order valence-corrected chi connectivity index (χ4v) is 2.54. The zero-order valence-electron chi connectivity index (χ0n) is 14.4. The van der Waals surface area contributed by atoms with Crippen LogP contribution in [0.4, 0.5) is 0 Å². The molecule has 1 amide bonds. The smallest absolute Gasteiger partial charge is 0.227 e. The van der Waals surface area contributed by atoms with Crippen LogP contribution in [0.1, 0.15) is 39.0 Å². The van der Waals surface area contributed by atoms with Gasteiger partial charge in [0.25, 0.3) is 0 Å². The molecule has 0 unspecified atom stereocenters. The molecular formula is C17H24Cl2N4O2. The van der Waals surface area contributed by atoms with Crippen LogP contribution in [0.15, 0.2) is 28.8 Å². The maximum Gasteiger partial charge on any atom is 0.227 e. The van der Waals surface area contributed by atoms with E-state index in [1.165, 1.54) is 0 Å². The Morgan fingerprint density at radius 3 is 2.48 bits per heavy atom. The highest BCUT2D eigenvalue weighted by Crippen LogP contribution is 2.19. The van der Waals surface area contributed by atoms with Gasteiger partial charge in [-0.25, -0.2) is 0 Å². The summed E-state index contributed by atoms with van der Waals surface area (Å²) in [6, 6.07) is 7.17. The summed E-state index contributed by atoms with van der Waals surface area (Å²) in [7, 11) is 0. The molecule has 3 N–H and O–H groups in total. The number of hydrogen-bond acceptors (Lipinski definition) is 5. The molecule has 0 radical (unpaired) electrons. The van der Waals surface area contributed by atoms with Crippen LogP contribution in [0.5, 0.6) is 0 Å². The first-order chi connectivity index (χ1) is 11.5. The minimum absolute atomic E-state index is 0. The van der Waals surface area contributed by atoms with Crippen LogP contribution in [0.3, 0.4) is 0 Å². The van der Waals surface area contributed by atoms with Crippen molar-refractivity contribution in [2.75, 3.05) is 6.54 Å². The van der Waals surface area contributed by atoms with E-state index < -0.39 is 0 Å². The zero-order chi connectivity index (χ0) is 17.6. The van der Waals surface area contributed by atoms with Gasteiger partial charge in [0.05, 0.1) is 5.54 Å². The normalized spacial score (nSPS) is 11.0. The Kier molecular flexibility index (Phi) is 8.35. The second-order valence-electron chi connectivity index (χ2n) is 5.76. The third-order valence-electron chi connectivity index (χ3n) is 4.29. The molecule has 0 saturated carbocycles. The van der Waals surface area contributed by atoms with Crippen LogP contribution in [-0.2, 0) is 11.2 Å². The largest absolute Gasteiger partial charge is 0.349 e. The maximum absolute atomic E-state index is 12.2. The van der Waals surface area contributed by atoms with E-state index in [0.29, 0.717) is 29.7 Å². The van der Waals surface area contributed by atoms with Gasteiger partial charge in [0.15, 0.2) is 0 Å². The molecule has 1 aromatic carbocycles. The van der Waals surface area contributed by atoms with Gasteiger partial charge in [-0.2, -0.15) is 4.98 Å². The van der Waals surface area contributed by atoms with Crippen molar-refractivity contribution in [3.05, 3.63) is 35.2 Å². The van der Waals surface area contributed by atoms with Crippen LogP contribution in [0, 0.1) is 0 Å². The molecule has 6 nitrogen and oxygen atoms in total. The average Bonchev–Trinajstić information content (AvgIpc) is 3.08. The van der Waals surface area contributed by atoms with Crippen molar-refractivity contribution in [2.45, 2.75) is 45.1 Å². The molecule has 0 aliphatic rings. The second-order valence-corrected chi connectivity index (χ2v) is 6.19. The molecule has 8 heteroatoms. The molecular weight excluding hydrogens is 363 g/mol. The first-order valence-corrected chi connectivity index (χ1v) is 8.49. The minimum atomic E-state index is -0.333. The van der Waals surface area contributed by atoms with E-state index in [1.807, 2.05) is 26.0 Å². The Morgan fingerprint density at radius 2 is 1.92 bits per heavy atom. The maximum atomic E-state index is 12.2. The summed E-state index contributed by atoms with van der Waals surface area (Å²) in [5.41, 5.74) is 6.28. The monoisotopic (exact) mass is 386 g/mol. The minimum Gasteiger partial charge on any atom is -0.349 e. The van der Waals surface area contributed by atoms with Crippen molar-refractivity contribution in [2.24, 2.45) is 5.73 Å². The average molecular weight is 387 g/mol. The molecule has 0 atom stereocenters. The summed E-state index contributed by atoms with van der Waals surface area (Å²) in [5.74, 6) is 0.859. The lowest BCUT2D eigenvalue weighted by Crippen LogP contribution is -2.52. The predicted octanol–water partition coefficient (Wildman–Crippen LogP) is 3.38. The van der Waals surface area contributed by atoms with Gasteiger partial charge in [0, 0.05) is 30.0 Å². The predicted molar refractivity (Wildman–Crippen MR) is 101 cm³/mol. The van der Waals surface area contributed by atoms with Gasteiger partial charge in [0.1, 0.15) is 0 Å². The summed E-state index contributed by atoms with van der Waals surface area (Å²) in [5, 5.41) is 7.61. The first-order valence-electron chi connectivity index (χ1n) is 8.11. The number of nitrogens with zero attached hydrogens (tertiary/aromatic N) is 2. The number of amides is 1. The third-order valence-corrected chi connectivity index (χ3v) is 4.54. The quantitative estimate of drug-likeness (QED) is 0.724. The van der Waals surface area contributed by atoms with E-state index >= 15 is 0 Å². The number of halogens is 2. The third kappa shape index (κ3) is 5.70. The molecule has 0 aliphatic carbocycles. The summed E-state index contributed by atoms with van der Waals surface area (Å²) in [6.45, 7) is 4.47. The summed E-state index contributed by atoms with van der Waals surface area (Å²) in [4.78, 5) is 16.5. The van der Waals surface area contributed by atoms with E-state index in [9.17, 15) is 4.79 Å². The number of nitrogens with two attached hydrogens (primary N) is 1. The van der Waals surface area contributed by atoms with Crippen molar-refractivity contribution in [1.82, 2.24) is 15.5 Å². The number of benzene rings is 1. The van der Waals surface area contributed by atoms with Gasteiger partial charge in [-0.05, 0) is 37.1 Å². The highest BCUT2D eigenvalue weighted by atomic mass is 35.5. The Hall–Kier alpha value is -1.63. The van der Waals surface area contributed by atoms with Crippen molar-refractivity contribution < 1.29 is 9.32 Å². The van der Waals surface area contributed by atoms with Gasteiger partial charge in [-0.15, -0.1) is 12.4 Å². The highest BCUT2D eigenvalue weighted by Gasteiger charge is 2.26. The Bertz CT molecular complexity index is 661. The Balaban J connectivity index is 0.00000312. The van der Waals surface area contributed by atoms with Crippen molar-refractivity contribution in [1.29, 1.82) is 0 Å². The molecule has 1 heterocycles. The number of rotatable bonds is 8. The number of hydrogen-bond donors (Lipinski definition) is 2. The number of carbonyl (C=O) groups is 1. The summed E-state index contributed by atoms with van der Waals surface area (Å²) in [6.07, 6.45) is 2.27. The van der Waals surface area contributed by atoms with Crippen molar-refractivity contribution in [3.8, 4) is 11.4 Å². The van der Waals surface area contributed by atoms with E-state index in [-0.39, 0.29) is 30.3 Å². The molecule has 0 saturated heterocycles. The van der Waals surface area contributed by atoms with Gasteiger partial charge < -0.3 is 15.6 Å². The van der Waals surface area contributed by atoms with Gasteiger partial charge in [-0.1, -0.05) is 30.6 Å².